The van der Waals surface area contributed by atoms with Gasteiger partial charge in [-0.3, -0.25) is 4.90 Å². The Morgan fingerprint density at radius 3 is 2.79 bits per heavy atom. The highest BCUT2D eigenvalue weighted by Crippen LogP contribution is 2.47. The third-order valence-electron chi connectivity index (χ3n) is 5.37. The summed E-state index contributed by atoms with van der Waals surface area (Å²) in [6.07, 6.45) is 3.76. The molecule has 7 nitrogen and oxygen atoms in total. The zero-order valence-corrected chi connectivity index (χ0v) is 17.5. The topological polar surface area (TPSA) is 90.6 Å². The first kappa shape index (κ1) is 19.8. The van der Waals surface area contributed by atoms with Crippen molar-refractivity contribution in [3.63, 3.8) is 0 Å². The van der Waals surface area contributed by atoms with Crippen molar-refractivity contribution in [2.45, 2.75) is 51.6 Å². The van der Waals surface area contributed by atoms with E-state index >= 15 is 0 Å². The van der Waals surface area contributed by atoms with Gasteiger partial charge in [0.05, 0.1) is 43.2 Å². The Hall–Kier alpha value is -2.54. The Balaban J connectivity index is 1.67. The number of methoxy groups -OCH3 is 1. The van der Waals surface area contributed by atoms with Crippen LogP contribution in [-0.4, -0.2) is 34.7 Å². The fraction of sp³-hybridized carbons (Fsp3) is 0.476. The lowest BCUT2D eigenvalue weighted by atomic mass is 10.0. The molecule has 1 aliphatic carbocycles. The first-order chi connectivity index (χ1) is 14.0. The van der Waals surface area contributed by atoms with E-state index < -0.39 is 0 Å². The molecule has 29 heavy (non-hydrogen) atoms. The van der Waals surface area contributed by atoms with Gasteiger partial charge in [-0.15, -0.1) is 0 Å². The van der Waals surface area contributed by atoms with Crippen LogP contribution in [0.2, 0.25) is 5.02 Å². The molecule has 0 bridgehead atoms. The molecule has 1 amide bonds. The fourth-order valence-electron chi connectivity index (χ4n) is 3.66. The number of ether oxygens (including phenoxy) is 2. The summed E-state index contributed by atoms with van der Waals surface area (Å²) in [4.78, 5) is 22.8. The summed E-state index contributed by atoms with van der Waals surface area (Å²) in [7, 11) is 1.66. The molecule has 1 aromatic heterocycles. The van der Waals surface area contributed by atoms with Crippen molar-refractivity contribution in [1.82, 2.24) is 14.9 Å². The predicted molar refractivity (Wildman–Crippen MR) is 111 cm³/mol. The van der Waals surface area contributed by atoms with Gasteiger partial charge in [-0.2, -0.15) is 0 Å². The molecule has 154 valence electrons. The van der Waals surface area contributed by atoms with E-state index in [9.17, 15) is 4.79 Å². The summed E-state index contributed by atoms with van der Waals surface area (Å²) in [5.74, 6) is 1.46. The maximum Gasteiger partial charge on any atom is 0.410 e. The van der Waals surface area contributed by atoms with E-state index in [2.05, 4.69) is 16.9 Å². The molecule has 2 aromatic rings. The fourth-order valence-corrected chi connectivity index (χ4v) is 3.92. The number of hydrogen-bond acceptors (Lipinski definition) is 6. The molecule has 2 N–H and O–H groups in total. The van der Waals surface area contributed by atoms with Crippen molar-refractivity contribution in [1.29, 1.82) is 0 Å². The molecule has 0 atom stereocenters. The van der Waals surface area contributed by atoms with Crippen LogP contribution in [0.25, 0.3) is 11.3 Å². The van der Waals surface area contributed by atoms with E-state index in [0.717, 1.165) is 53.8 Å². The van der Waals surface area contributed by atoms with Gasteiger partial charge in [0.25, 0.3) is 0 Å². The Morgan fingerprint density at radius 1 is 1.31 bits per heavy atom. The second-order valence-electron chi connectivity index (χ2n) is 7.53. The molecule has 4 rings (SSSR count). The molecule has 2 aliphatic rings. The van der Waals surface area contributed by atoms with E-state index in [0.29, 0.717) is 36.3 Å². The minimum Gasteiger partial charge on any atom is -0.496 e. The van der Waals surface area contributed by atoms with Gasteiger partial charge in [0.1, 0.15) is 5.75 Å². The third-order valence-corrected chi connectivity index (χ3v) is 5.69. The standard InChI is InChI=1S/C21H25ClN4O3/c1-3-4-7-29-21(27)26-10-15-17(11-26)24-20(23)25-19(15)14-9-18(28-2)13(8-16(14)22)12-5-6-12/h8-9,12H,3-7,10-11H2,1-2H3,(H2,23,24,25). The van der Waals surface area contributed by atoms with Crippen LogP contribution in [0.15, 0.2) is 12.1 Å². The lowest BCUT2D eigenvalue weighted by Crippen LogP contribution is -2.26. The molecular weight excluding hydrogens is 392 g/mol. The molecule has 0 saturated heterocycles. The number of unbranched alkanes of at least 4 members (excludes halogenated alkanes) is 1. The summed E-state index contributed by atoms with van der Waals surface area (Å²) >= 11 is 6.64. The van der Waals surface area contributed by atoms with Crippen LogP contribution in [0.4, 0.5) is 10.7 Å². The number of nitrogens with two attached hydrogens (primary N) is 1. The van der Waals surface area contributed by atoms with Crippen molar-refractivity contribution in [2.24, 2.45) is 0 Å². The molecule has 0 radical (unpaired) electrons. The van der Waals surface area contributed by atoms with Gasteiger partial charge in [-0.05, 0) is 42.9 Å². The van der Waals surface area contributed by atoms with Gasteiger partial charge >= 0.3 is 6.09 Å². The van der Waals surface area contributed by atoms with E-state index in [1.165, 1.54) is 0 Å². The predicted octanol–water partition coefficient (Wildman–Crippen LogP) is 4.52. The van der Waals surface area contributed by atoms with Gasteiger partial charge < -0.3 is 15.2 Å². The first-order valence-corrected chi connectivity index (χ1v) is 10.3. The van der Waals surface area contributed by atoms with Crippen LogP contribution >= 0.6 is 11.6 Å². The number of nitrogen functional groups attached to an aromatic ring is 1. The first-order valence-electron chi connectivity index (χ1n) is 9.96. The van der Waals surface area contributed by atoms with Crippen LogP contribution in [0.3, 0.4) is 0 Å². The highest BCUT2D eigenvalue weighted by atomic mass is 35.5. The second-order valence-corrected chi connectivity index (χ2v) is 7.94. The lowest BCUT2D eigenvalue weighted by molar-refractivity contribution is 0.100. The highest BCUT2D eigenvalue weighted by molar-refractivity contribution is 6.33. The zero-order valence-electron chi connectivity index (χ0n) is 16.7. The number of rotatable bonds is 6. The number of amides is 1. The molecule has 1 fully saturated rings. The van der Waals surface area contributed by atoms with Crippen molar-refractivity contribution in [2.75, 3.05) is 19.5 Å². The normalized spacial score (nSPS) is 15.3. The summed E-state index contributed by atoms with van der Waals surface area (Å²) in [6.45, 7) is 3.17. The van der Waals surface area contributed by atoms with E-state index in [-0.39, 0.29) is 12.0 Å². The number of benzene rings is 1. The Morgan fingerprint density at radius 2 is 2.10 bits per heavy atom. The van der Waals surface area contributed by atoms with Gasteiger partial charge in [0.2, 0.25) is 5.95 Å². The van der Waals surface area contributed by atoms with Crippen LogP contribution < -0.4 is 10.5 Å². The number of fused-ring (bicyclic) bond motifs is 1. The maximum absolute atomic E-state index is 12.4. The Bertz CT molecular complexity index is 946. The number of nitrogens with zero attached hydrogens (tertiary/aromatic N) is 3. The van der Waals surface area contributed by atoms with Gasteiger partial charge in [-0.1, -0.05) is 24.9 Å². The van der Waals surface area contributed by atoms with Crippen molar-refractivity contribution in [3.8, 4) is 17.0 Å². The summed E-state index contributed by atoms with van der Waals surface area (Å²) in [5.41, 5.74) is 10.0. The van der Waals surface area contributed by atoms with E-state index in [4.69, 9.17) is 26.8 Å². The summed E-state index contributed by atoms with van der Waals surface area (Å²) < 4.78 is 11.0. The lowest BCUT2D eigenvalue weighted by Gasteiger charge is -2.16. The minimum atomic E-state index is -0.353. The Labute approximate surface area is 175 Å². The van der Waals surface area contributed by atoms with E-state index in [1.54, 1.807) is 12.0 Å². The van der Waals surface area contributed by atoms with Crippen LogP contribution in [0.1, 0.15) is 55.3 Å². The van der Waals surface area contributed by atoms with Crippen molar-refractivity contribution >= 4 is 23.6 Å². The summed E-state index contributed by atoms with van der Waals surface area (Å²) in [6, 6.07) is 3.88. The average molecular weight is 417 g/mol. The molecule has 1 aliphatic heterocycles. The quantitative estimate of drug-likeness (QED) is 0.696. The zero-order chi connectivity index (χ0) is 20.5. The smallest absolute Gasteiger partial charge is 0.410 e. The van der Waals surface area contributed by atoms with Gasteiger partial charge in [0, 0.05) is 11.1 Å². The van der Waals surface area contributed by atoms with Crippen LogP contribution in [-0.2, 0) is 17.8 Å². The molecule has 1 saturated carbocycles. The minimum absolute atomic E-state index is 0.154. The molecule has 0 spiro atoms. The molecule has 2 heterocycles. The van der Waals surface area contributed by atoms with Crippen LogP contribution in [0.5, 0.6) is 5.75 Å². The number of hydrogen-bond donors (Lipinski definition) is 1. The molecule has 0 unspecified atom stereocenters. The highest BCUT2D eigenvalue weighted by Gasteiger charge is 2.32. The Kier molecular flexibility index (Phi) is 5.50. The third kappa shape index (κ3) is 3.96. The number of carbonyl (C=O) groups excluding carboxylic acids is 1. The number of halogens is 1. The molecule has 8 heteroatoms. The van der Waals surface area contributed by atoms with E-state index in [1.807, 2.05) is 12.1 Å². The number of anilines is 1. The average Bonchev–Trinajstić information content (AvgIpc) is 3.46. The summed E-state index contributed by atoms with van der Waals surface area (Å²) in [5, 5.41) is 0.594. The number of aromatic nitrogens is 2. The number of carbonyl (C=O) groups is 1. The SMILES string of the molecule is CCCCOC(=O)N1Cc2nc(N)nc(-c3cc(OC)c(C4CC4)cc3Cl)c2C1. The monoisotopic (exact) mass is 416 g/mol. The molecule has 1 aromatic carbocycles. The van der Waals surface area contributed by atoms with Gasteiger partial charge in [0.15, 0.2) is 0 Å². The molecular formula is C21H25ClN4O3. The van der Waals surface area contributed by atoms with Crippen LogP contribution in [0, 0.1) is 0 Å². The maximum atomic E-state index is 12.4. The second kappa shape index (κ2) is 8.06. The van der Waals surface area contributed by atoms with Crippen molar-refractivity contribution in [3.05, 3.63) is 34.0 Å². The van der Waals surface area contributed by atoms with Gasteiger partial charge in [-0.25, -0.2) is 14.8 Å². The van der Waals surface area contributed by atoms with Crippen molar-refractivity contribution < 1.29 is 14.3 Å². The largest absolute Gasteiger partial charge is 0.496 e.